The molecular formula is C14H16BrN3S. The molecule has 0 fully saturated rings. The zero-order valence-electron chi connectivity index (χ0n) is 10.8. The van der Waals surface area contributed by atoms with E-state index in [0.717, 1.165) is 28.0 Å². The molecule has 5 heteroatoms. The number of hydrogen-bond donors (Lipinski definition) is 1. The normalized spacial score (nSPS) is 18.3. The van der Waals surface area contributed by atoms with E-state index in [-0.39, 0.29) is 0 Å². The van der Waals surface area contributed by atoms with Gasteiger partial charge in [0.1, 0.15) is 5.01 Å². The van der Waals surface area contributed by atoms with Crippen LogP contribution in [0.3, 0.4) is 0 Å². The molecule has 0 bridgehead atoms. The molecule has 2 aromatic heterocycles. The maximum atomic E-state index is 4.86. The first-order valence-electron chi connectivity index (χ1n) is 6.62. The molecule has 1 aliphatic carbocycles. The lowest BCUT2D eigenvalue weighted by Gasteiger charge is -2.21. The summed E-state index contributed by atoms with van der Waals surface area (Å²) in [5.74, 6) is 0. The average molecular weight is 338 g/mol. The van der Waals surface area contributed by atoms with Crippen LogP contribution in [0.1, 0.15) is 36.4 Å². The standard InChI is InChI=1S/C14H16BrN3S/c1-2-17-11-4-3-5-12-13(11)18-14(19-12)9-6-10(15)8-16-7-9/h6-8,11,17H,2-5H2,1H3. The first-order chi connectivity index (χ1) is 9.28. The number of rotatable bonds is 3. The van der Waals surface area contributed by atoms with E-state index < -0.39 is 0 Å². The smallest absolute Gasteiger partial charge is 0.125 e. The fraction of sp³-hybridized carbons (Fsp3) is 0.429. The number of aromatic nitrogens is 2. The Balaban J connectivity index is 1.97. The summed E-state index contributed by atoms with van der Waals surface area (Å²) < 4.78 is 1.00. The predicted octanol–water partition coefficient (Wildman–Crippen LogP) is 3.95. The Labute approximate surface area is 125 Å². The van der Waals surface area contributed by atoms with Gasteiger partial charge in [-0.05, 0) is 47.8 Å². The highest BCUT2D eigenvalue weighted by molar-refractivity contribution is 9.10. The summed E-state index contributed by atoms with van der Waals surface area (Å²) in [7, 11) is 0. The molecule has 1 aliphatic rings. The highest BCUT2D eigenvalue weighted by Gasteiger charge is 2.24. The molecule has 19 heavy (non-hydrogen) atoms. The second kappa shape index (κ2) is 5.69. The van der Waals surface area contributed by atoms with Gasteiger partial charge < -0.3 is 5.32 Å². The minimum Gasteiger partial charge on any atom is -0.309 e. The average Bonchev–Trinajstić information content (AvgIpc) is 2.84. The van der Waals surface area contributed by atoms with E-state index in [0.29, 0.717) is 6.04 Å². The molecule has 0 saturated carbocycles. The number of hydrogen-bond acceptors (Lipinski definition) is 4. The van der Waals surface area contributed by atoms with Gasteiger partial charge in [-0.25, -0.2) is 4.98 Å². The van der Waals surface area contributed by atoms with Crippen molar-refractivity contribution in [3.05, 3.63) is 33.5 Å². The number of aryl methyl sites for hydroxylation is 1. The van der Waals surface area contributed by atoms with Crippen LogP contribution in [0, 0.1) is 0 Å². The number of thiazole rings is 1. The van der Waals surface area contributed by atoms with Crippen molar-refractivity contribution in [3.63, 3.8) is 0 Å². The molecule has 0 aromatic carbocycles. The molecule has 0 aliphatic heterocycles. The van der Waals surface area contributed by atoms with Gasteiger partial charge in [-0.1, -0.05) is 6.92 Å². The zero-order valence-corrected chi connectivity index (χ0v) is 13.2. The molecular weight excluding hydrogens is 322 g/mol. The van der Waals surface area contributed by atoms with Gasteiger partial charge in [0, 0.05) is 27.3 Å². The van der Waals surface area contributed by atoms with Gasteiger partial charge in [-0.2, -0.15) is 0 Å². The third-order valence-electron chi connectivity index (χ3n) is 3.36. The number of nitrogens with one attached hydrogen (secondary N) is 1. The lowest BCUT2D eigenvalue weighted by molar-refractivity contribution is 0.465. The minimum absolute atomic E-state index is 0.430. The van der Waals surface area contributed by atoms with Crippen molar-refractivity contribution in [1.82, 2.24) is 15.3 Å². The summed E-state index contributed by atoms with van der Waals surface area (Å²) in [5.41, 5.74) is 2.36. The molecule has 1 unspecified atom stereocenters. The third-order valence-corrected chi connectivity index (χ3v) is 4.97. The molecule has 100 valence electrons. The molecule has 3 nitrogen and oxygen atoms in total. The highest BCUT2D eigenvalue weighted by Crippen LogP contribution is 2.37. The van der Waals surface area contributed by atoms with Crippen molar-refractivity contribution in [3.8, 4) is 10.6 Å². The zero-order chi connectivity index (χ0) is 13.2. The van der Waals surface area contributed by atoms with Crippen molar-refractivity contribution < 1.29 is 0 Å². The monoisotopic (exact) mass is 337 g/mol. The first kappa shape index (κ1) is 13.2. The third kappa shape index (κ3) is 2.73. The van der Waals surface area contributed by atoms with E-state index in [1.165, 1.54) is 23.4 Å². The topological polar surface area (TPSA) is 37.8 Å². The second-order valence-corrected chi connectivity index (χ2v) is 6.72. The van der Waals surface area contributed by atoms with E-state index in [9.17, 15) is 0 Å². The van der Waals surface area contributed by atoms with Crippen LogP contribution in [-0.4, -0.2) is 16.5 Å². The molecule has 0 saturated heterocycles. The second-order valence-electron chi connectivity index (χ2n) is 4.72. The van der Waals surface area contributed by atoms with Crippen LogP contribution in [-0.2, 0) is 6.42 Å². The van der Waals surface area contributed by atoms with Crippen LogP contribution < -0.4 is 5.32 Å². The molecule has 3 rings (SSSR count). The SMILES string of the molecule is CCNC1CCCc2sc(-c3cncc(Br)c3)nc21. The van der Waals surface area contributed by atoms with Crippen LogP contribution in [0.2, 0.25) is 0 Å². The van der Waals surface area contributed by atoms with E-state index in [1.807, 2.05) is 17.5 Å². The molecule has 1 N–H and O–H groups in total. The van der Waals surface area contributed by atoms with Gasteiger partial charge in [-0.3, -0.25) is 4.98 Å². The molecule has 2 heterocycles. The van der Waals surface area contributed by atoms with Gasteiger partial charge >= 0.3 is 0 Å². The lowest BCUT2D eigenvalue weighted by Crippen LogP contribution is -2.24. The summed E-state index contributed by atoms with van der Waals surface area (Å²) in [6.07, 6.45) is 7.30. The Hall–Kier alpha value is -0.780. The largest absolute Gasteiger partial charge is 0.309 e. The van der Waals surface area contributed by atoms with Gasteiger partial charge in [0.15, 0.2) is 0 Å². The van der Waals surface area contributed by atoms with Gasteiger partial charge in [-0.15, -0.1) is 11.3 Å². The lowest BCUT2D eigenvalue weighted by atomic mass is 9.98. The van der Waals surface area contributed by atoms with Gasteiger partial charge in [0.2, 0.25) is 0 Å². The van der Waals surface area contributed by atoms with Crippen molar-refractivity contribution >= 4 is 27.3 Å². The molecule has 0 spiro atoms. The van der Waals surface area contributed by atoms with Gasteiger partial charge in [0.05, 0.1) is 11.7 Å². The number of pyridine rings is 1. The Morgan fingerprint density at radius 2 is 2.37 bits per heavy atom. The maximum Gasteiger partial charge on any atom is 0.125 e. The van der Waals surface area contributed by atoms with Crippen LogP contribution in [0.25, 0.3) is 10.6 Å². The Morgan fingerprint density at radius 1 is 1.47 bits per heavy atom. The van der Waals surface area contributed by atoms with Crippen LogP contribution >= 0.6 is 27.3 Å². The van der Waals surface area contributed by atoms with Crippen molar-refractivity contribution in [2.24, 2.45) is 0 Å². The highest BCUT2D eigenvalue weighted by atomic mass is 79.9. The van der Waals surface area contributed by atoms with E-state index in [1.54, 1.807) is 6.20 Å². The van der Waals surface area contributed by atoms with E-state index >= 15 is 0 Å². The minimum atomic E-state index is 0.430. The molecule has 0 radical (unpaired) electrons. The van der Waals surface area contributed by atoms with Crippen LogP contribution in [0.4, 0.5) is 0 Å². The number of nitrogens with zero attached hydrogens (tertiary/aromatic N) is 2. The number of fused-ring (bicyclic) bond motifs is 1. The van der Waals surface area contributed by atoms with Gasteiger partial charge in [0.25, 0.3) is 0 Å². The Bertz CT molecular complexity index is 582. The fourth-order valence-corrected chi connectivity index (χ4v) is 4.03. The maximum absolute atomic E-state index is 4.86. The molecule has 2 aromatic rings. The Morgan fingerprint density at radius 3 is 3.16 bits per heavy atom. The fourth-order valence-electron chi connectivity index (χ4n) is 2.52. The molecule has 0 amide bonds. The van der Waals surface area contributed by atoms with Crippen LogP contribution in [0.15, 0.2) is 22.9 Å². The summed E-state index contributed by atoms with van der Waals surface area (Å²) in [6, 6.07) is 2.51. The predicted molar refractivity (Wildman–Crippen MR) is 82.4 cm³/mol. The summed E-state index contributed by atoms with van der Waals surface area (Å²) in [4.78, 5) is 10.5. The van der Waals surface area contributed by atoms with E-state index in [2.05, 4.69) is 39.2 Å². The van der Waals surface area contributed by atoms with Crippen molar-refractivity contribution in [2.75, 3.05) is 6.54 Å². The summed E-state index contributed by atoms with van der Waals surface area (Å²) >= 11 is 5.28. The van der Waals surface area contributed by atoms with Crippen molar-refractivity contribution in [2.45, 2.75) is 32.2 Å². The number of halogens is 1. The quantitative estimate of drug-likeness (QED) is 0.921. The summed E-state index contributed by atoms with van der Waals surface area (Å²) in [5, 5.41) is 4.62. The molecule has 1 atom stereocenters. The Kier molecular flexibility index (Phi) is 3.96. The van der Waals surface area contributed by atoms with Crippen molar-refractivity contribution in [1.29, 1.82) is 0 Å². The van der Waals surface area contributed by atoms with Crippen LogP contribution in [0.5, 0.6) is 0 Å². The summed E-state index contributed by atoms with van der Waals surface area (Å²) in [6.45, 7) is 3.15. The first-order valence-corrected chi connectivity index (χ1v) is 8.22. The van der Waals surface area contributed by atoms with E-state index in [4.69, 9.17) is 4.98 Å².